The highest BCUT2D eigenvalue weighted by atomic mass is 32.2. The summed E-state index contributed by atoms with van der Waals surface area (Å²) in [6.07, 6.45) is 8.27. The minimum absolute atomic E-state index is 0.0491. The van der Waals surface area contributed by atoms with E-state index < -0.39 is 78.5 Å². The Bertz CT molecular complexity index is 1750. The molecule has 348 valence electrons. The van der Waals surface area contributed by atoms with Gasteiger partial charge in [0.15, 0.2) is 0 Å². The summed E-state index contributed by atoms with van der Waals surface area (Å²) in [7, 11) is 0. The van der Waals surface area contributed by atoms with Crippen LogP contribution in [0.2, 0.25) is 0 Å². The van der Waals surface area contributed by atoms with Crippen LogP contribution in [0.5, 0.6) is 0 Å². The van der Waals surface area contributed by atoms with Crippen LogP contribution in [0.15, 0.2) is 30.3 Å². The molecule has 7 atom stereocenters. The van der Waals surface area contributed by atoms with Gasteiger partial charge in [-0.05, 0) is 56.9 Å². The Morgan fingerprint density at radius 2 is 1.52 bits per heavy atom. The van der Waals surface area contributed by atoms with Crippen LogP contribution in [0.4, 0.5) is 4.79 Å². The Kier molecular flexibility index (Phi) is 20.9. The number of urea groups is 1. The molecule has 4 rings (SSSR count). The molecule has 0 aromatic heterocycles. The summed E-state index contributed by atoms with van der Waals surface area (Å²) in [5.41, 5.74) is 7.77. The molecule has 3 fully saturated rings. The van der Waals surface area contributed by atoms with Gasteiger partial charge in [0, 0.05) is 42.7 Å². The zero-order valence-electron chi connectivity index (χ0n) is 35.8. The zero-order chi connectivity index (χ0) is 45.7. The minimum atomic E-state index is -1.16. The molecule has 63 heavy (non-hydrogen) atoms. The SMILES string of the molecule is C[C@H](NC(=O)C(CC(=O)NO)CC1CCCC1)C(=O)N[C@@H](Cc1ccccc1)C(=O)NCC(=O)NCC(=O)N[C@@H](CCCCNC(=O)CCCC[C@@H]1SC[C@@H]2NC(=O)N[C@@H]21)C(N)=O. The summed E-state index contributed by atoms with van der Waals surface area (Å²) >= 11 is 1.84. The van der Waals surface area contributed by atoms with Crippen LogP contribution in [-0.2, 0) is 44.8 Å². The molecule has 2 aliphatic heterocycles. The largest absolute Gasteiger partial charge is 0.368 e. The normalized spacial score (nSPS) is 19.8. The maximum Gasteiger partial charge on any atom is 0.315 e. The minimum Gasteiger partial charge on any atom is -0.368 e. The summed E-state index contributed by atoms with van der Waals surface area (Å²) in [6.45, 7) is 0.777. The molecule has 1 unspecified atom stereocenters. The molecule has 21 heteroatoms. The van der Waals surface area contributed by atoms with Crippen LogP contribution in [0, 0.1) is 11.8 Å². The molecule has 1 saturated carbocycles. The van der Waals surface area contributed by atoms with E-state index in [1.807, 2.05) is 11.8 Å². The number of rotatable bonds is 27. The van der Waals surface area contributed by atoms with Crippen molar-refractivity contribution in [1.82, 2.24) is 48.0 Å². The number of thioether (sulfide) groups is 1. The number of hydroxylamine groups is 1. The average Bonchev–Trinajstić information content (AvgIpc) is 4.01. The molecule has 1 aliphatic carbocycles. The lowest BCUT2D eigenvalue weighted by molar-refractivity contribution is -0.137. The van der Waals surface area contributed by atoms with E-state index >= 15 is 0 Å². The number of primary amides is 1. The first-order valence-electron chi connectivity index (χ1n) is 21.9. The third-order valence-corrected chi connectivity index (χ3v) is 13.1. The van der Waals surface area contributed by atoms with Gasteiger partial charge in [0.05, 0.1) is 25.2 Å². The van der Waals surface area contributed by atoms with E-state index in [2.05, 4.69) is 42.5 Å². The second kappa shape index (κ2) is 26.2. The number of nitrogens with one attached hydrogen (secondary N) is 9. The van der Waals surface area contributed by atoms with Crippen LogP contribution < -0.4 is 53.7 Å². The smallest absolute Gasteiger partial charge is 0.315 e. The highest BCUT2D eigenvalue weighted by molar-refractivity contribution is 8.00. The Balaban J connectivity index is 1.14. The first-order chi connectivity index (χ1) is 30.2. The number of fused-ring (bicyclic) bond motifs is 1. The molecule has 1 aromatic carbocycles. The second-order valence-corrected chi connectivity index (χ2v) is 17.8. The molecule has 12 N–H and O–H groups in total. The van der Waals surface area contributed by atoms with E-state index in [4.69, 9.17) is 10.9 Å². The van der Waals surface area contributed by atoms with Gasteiger partial charge in [-0.2, -0.15) is 11.8 Å². The lowest BCUT2D eigenvalue weighted by atomic mass is 9.90. The fraction of sp³-hybridized carbons (Fsp3) is 0.643. The third-order valence-electron chi connectivity index (χ3n) is 11.6. The maximum absolute atomic E-state index is 13.3. The van der Waals surface area contributed by atoms with Crippen molar-refractivity contribution in [3.63, 3.8) is 0 Å². The van der Waals surface area contributed by atoms with E-state index in [0.29, 0.717) is 43.0 Å². The molecule has 0 spiro atoms. The summed E-state index contributed by atoms with van der Waals surface area (Å²) < 4.78 is 0. The summed E-state index contributed by atoms with van der Waals surface area (Å²) in [4.78, 5) is 113. The van der Waals surface area contributed by atoms with Gasteiger partial charge in [0.2, 0.25) is 47.3 Å². The predicted octanol–water partition coefficient (Wildman–Crippen LogP) is -0.475. The van der Waals surface area contributed by atoms with Crippen LogP contribution in [-0.4, -0.2) is 119 Å². The molecule has 10 amide bonds. The molecule has 3 aliphatic rings. The Hall–Kier alpha value is -5.44. The van der Waals surface area contributed by atoms with Gasteiger partial charge in [0.1, 0.15) is 18.1 Å². The number of carbonyl (C=O) groups is 9. The number of hydrogen-bond donors (Lipinski definition) is 11. The lowest BCUT2D eigenvalue weighted by Gasteiger charge is -2.24. The van der Waals surface area contributed by atoms with Crippen LogP contribution >= 0.6 is 11.8 Å². The van der Waals surface area contributed by atoms with Gasteiger partial charge in [-0.1, -0.05) is 62.4 Å². The van der Waals surface area contributed by atoms with Crippen molar-refractivity contribution in [2.24, 2.45) is 17.6 Å². The lowest BCUT2D eigenvalue weighted by Crippen LogP contribution is -2.55. The third kappa shape index (κ3) is 17.7. The van der Waals surface area contributed by atoms with Crippen molar-refractivity contribution in [1.29, 1.82) is 0 Å². The van der Waals surface area contributed by atoms with Crippen molar-refractivity contribution < 1.29 is 48.4 Å². The molecule has 20 nitrogen and oxygen atoms in total. The van der Waals surface area contributed by atoms with E-state index in [-0.39, 0.29) is 49.2 Å². The van der Waals surface area contributed by atoms with Crippen LogP contribution in [0.1, 0.15) is 96.0 Å². The average molecular weight is 901 g/mol. The van der Waals surface area contributed by atoms with E-state index in [1.54, 1.807) is 35.8 Å². The predicted molar refractivity (Wildman–Crippen MR) is 232 cm³/mol. The topological polar surface area (TPSA) is 308 Å². The summed E-state index contributed by atoms with van der Waals surface area (Å²) in [6, 6.07) is 5.74. The standard InChI is InChI=1S/C42H64N10O10S/c1-25(47-40(59)28(21-34(54)52-62)19-26-13-5-6-14-26)39(58)49-30(20-27-11-3-2-4-12-27)41(60)46-22-35(55)45-23-36(56)48-29(38(43)57)15-9-10-18-44-33(53)17-8-7-16-32-37-31(24-63-32)50-42(61)51-37/h2-4,11-12,25-26,28-32,37,62H,5-10,13-24H2,1H3,(H2,43,57)(H,44,53)(H,45,55)(H,46,60)(H,47,59)(H,48,56)(H,49,58)(H,52,54)(H2,50,51,61)/t25-,28?,29-,30-,31-,32-,37-/m0/s1. The highest BCUT2D eigenvalue weighted by Gasteiger charge is 2.42. The highest BCUT2D eigenvalue weighted by Crippen LogP contribution is 2.33. The van der Waals surface area contributed by atoms with E-state index in [1.165, 1.54) is 6.92 Å². The molecular formula is C42H64N10O10S. The van der Waals surface area contributed by atoms with Gasteiger partial charge in [-0.25, -0.2) is 10.3 Å². The van der Waals surface area contributed by atoms with Gasteiger partial charge in [0.25, 0.3) is 0 Å². The maximum atomic E-state index is 13.3. The van der Waals surface area contributed by atoms with Crippen molar-refractivity contribution in [3.05, 3.63) is 35.9 Å². The number of amides is 10. The van der Waals surface area contributed by atoms with Gasteiger partial charge in [-0.15, -0.1) is 0 Å². The molecule has 0 bridgehead atoms. The van der Waals surface area contributed by atoms with Crippen molar-refractivity contribution in [3.8, 4) is 0 Å². The molecular weight excluding hydrogens is 837 g/mol. The Morgan fingerprint density at radius 1 is 0.794 bits per heavy atom. The molecule has 1 aromatic rings. The molecule has 2 heterocycles. The number of carbonyl (C=O) groups excluding carboxylic acids is 9. The quantitative estimate of drug-likeness (QED) is 0.0232. The van der Waals surface area contributed by atoms with Gasteiger partial charge >= 0.3 is 6.03 Å². The summed E-state index contributed by atoms with van der Waals surface area (Å²) in [5.74, 6) is -4.50. The van der Waals surface area contributed by atoms with Crippen molar-refractivity contribution in [2.75, 3.05) is 25.4 Å². The van der Waals surface area contributed by atoms with Crippen LogP contribution in [0.3, 0.4) is 0 Å². The first kappa shape index (κ1) is 50.2. The fourth-order valence-electron chi connectivity index (χ4n) is 8.08. The number of hydrogen-bond acceptors (Lipinski definition) is 11. The van der Waals surface area contributed by atoms with E-state index in [9.17, 15) is 43.2 Å². The fourth-order valence-corrected chi connectivity index (χ4v) is 9.62. The first-order valence-corrected chi connectivity index (χ1v) is 22.9. The number of unbranched alkanes of at least 4 members (excludes halogenated alkanes) is 2. The zero-order valence-corrected chi connectivity index (χ0v) is 36.7. The Morgan fingerprint density at radius 3 is 2.24 bits per heavy atom. The number of benzene rings is 1. The monoisotopic (exact) mass is 900 g/mol. The van der Waals surface area contributed by atoms with Crippen LogP contribution in [0.25, 0.3) is 0 Å². The van der Waals surface area contributed by atoms with E-state index in [0.717, 1.165) is 50.7 Å². The van der Waals surface area contributed by atoms with Gasteiger partial charge < -0.3 is 48.3 Å². The number of nitrogens with two attached hydrogens (primary N) is 1. The Labute approximate surface area is 371 Å². The molecule has 0 radical (unpaired) electrons. The van der Waals surface area contributed by atoms with Gasteiger partial charge in [-0.3, -0.25) is 43.6 Å². The van der Waals surface area contributed by atoms with Crippen molar-refractivity contribution >= 4 is 65.1 Å². The second-order valence-electron chi connectivity index (χ2n) is 16.5. The van der Waals surface area contributed by atoms with Crippen molar-refractivity contribution in [2.45, 2.75) is 132 Å². The molecule has 2 saturated heterocycles. The summed E-state index contributed by atoms with van der Waals surface area (Å²) in [5, 5.41) is 30.8.